The minimum absolute atomic E-state index is 0.268. The molecule has 72 valence electrons. The van der Waals surface area contributed by atoms with Gasteiger partial charge in [-0.2, -0.15) is 5.26 Å². The lowest BCUT2D eigenvalue weighted by Gasteiger charge is -2.24. The van der Waals surface area contributed by atoms with Gasteiger partial charge in [0, 0.05) is 18.8 Å². The number of likely N-dealkylation sites (N-methyl/N-ethyl adjacent to an activating group) is 1. The summed E-state index contributed by atoms with van der Waals surface area (Å²) in [6, 6.07) is 9.95. The van der Waals surface area contributed by atoms with Crippen molar-refractivity contribution in [2.75, 3.05) is 11.9 Å². The molecule has 0 fully saturated rings. The summed E-state index contributed by atoms with van der Waals surface area (Å²) in [6.45, 7) is 5.80. The van der Waals surface area contributed by atoms with Crippen LogP contribution in [-0.4, -0.2) is 13.1 Å². The predicted molar refractivity (Wildman–Crippen MR) is 59.2 cm³/mol. The molecule has 0 aromatic heterocycles. The molecule has 14 heavy (non-hydrogen) atoms. The van der Waals surface area contributed by atoms with E-state index in [1.807, 2.05) is 31.3 Å². The Kier molecular flexibility index (Phi) is 3.30. The van der Waals surface area contributed by atoms with E-state index in [0.717, 1.165) is 5.69 Å². The van der Waals surface area contributed by atoms with E-state index in [9.17, 15) is 0 Å². The molecule has 0 saturated heterocycles. The van der Waals surface area contributed by atoms with Crippen LogP contribution in [0.2, 0.25) is 0 Å². The fraction of sp³-hybridized carbons (Fsp3) is 0.250. The van der Waals surface area contributed by atoms with Gasteiger partial charge in [0.05, 0.1) is 11.6 Å². The highest BCUT2D eigenvalue weighted by atomic mass is 15.1. The van der Waals surface area contributed by atoms with Crippen molar-refractivity contribution < 1.29 is 0 Å². The van der Waals surface area contributed by atoms with Gasteiger partial charge in [0.15, 0.2) is 0 Å². The Balaban J connectivity index is 2.96. The maximum Gasteiger partial charge on any atom is 0.0992 e. The van der Waals surface area contributed by atoms with Gasteiger partial charge in [0.25, 0.3) is 0 Å². The van der Waals surface area contributed by atoms with Crippen LogP contribution >= 0.6 is 0 Å². The second-order valence-corrected chi connectivity index (χ2v) is 3.25. The van der Waals surface area contributed by atoms with E-state index >= 15 is 0 Å². The van der Waals surface area contributed by atoms with Gasteiger partial charge in [0.2, 0.25) is 0 Å². The Labute approximate surface area is 85.1 Å². The second kappa shape index (κ2) is 4.48. The molecule has 0 aliphatic rings. The largest absolute Gasteiger partial charge is 0.368 e. The van der Waals surface area contributed by atoms with Crippen molar-refractivity contribution in [1.29, 1.82) is 5.26 Å². The first-order valence-electron chi connectivity index (χ1n) is 4.54. The zero-order valence-electron chi connectivity index (χ0n) is 8.57. The maximum atomic E-state index is 8.75. The lowest BCUT2D eigenvalue weighted by Crippen LogP contribution is -2.26. The molecule has 1 aromatic carbocycles. The van der Waals surface area contributed by atoms with Crippen molar-refractivity contribution in [2.24, 2.45) is 0 Å². The van der Waals surface area contributed by atoms with E-state index in [1.165, 1.54) is 0 Å². The van der Waals surface area contributed by atoms with E-state index in [2.05, 4.69) is 24.5 Å². The predicted octanol–water partition coefficient (Wildman–Crippen LogP) is 2.57. The van der Waals surface area contributed by atoms with Crippen molar-refractivity contribution in [3.05, 3.63) is 42.5 Å². The Bertz CT molecular complexity index is 363. The maximum absolute atomic E-state index is 8.75. The topological polar surface area (TPSA) is 27.0 Å². The number of benzene rings is 1. The highest BCUT2D eigenvalue weighted by molar-refractivity contribution is 5.52. The number of anilines is 1. The molecule has 0 amide bonds. The summed E-state index contributed by atoms with van der Waals surface area (Å²) < 4.78 is 0. The molecule has 0 saturated carbocycles. The molecule has 1 rings (SSSR count). The highest BCUT2D eigenvalue weighted by Gasteiger charge is 2.05. The van der Waals surface area contributed by atoms with Gasteiger partial charge >= 0.3 is 0 Å². The van der Waals surface area contributed by atoms with Gasteiger partial charge in [-0.05, 0) is 25.1 Å². The molecule has 1 aromatic rings. The average Bonchev–Trinajstić information content (AvgIpc) is 2.27. The first-order chi connectivity index (χ1) is 6.69. The summed E-state index contributed by atoms with van der Waals surface area (Å²) in [4.78, 5) is 2.08. The molecule has 0 radical (unpaired) electrons. The summed E-state index contributed by atoms with van der Waals surface area (Å²) in [5, 5.41) is 8.75. The van der Waals surface area contributed by atoms with E-state index in [0.29, 0.717) is 5.56 Å². The van der Waals surface area contributed by atoms with Gasteiger partial charge in [-0.3, -0.25) is 0 Å². The molecule has 0 aliphatic carbocycles. The van der Waals surface area contributed by atoms with Crippen molar-refractivity contribution in [1.82, 2.24) is 0 Å². The number of hydrogen-bond donors (Lipinski definition) is 0. The van der Waals surface area contributed by atoms with Gasteiger partial charge < -0.3 is 4.90 Å². The summed E-state index contributed by atoms with van der Waals surface area (Å²) in [5.74, 6) is 0. The summed E-state index contributed by atoms with van der Waals surface area (Å²) in [5.41, 5.74) is 1.72. The first kappa shape index (κ1) is 10.3. The van der Waals surface area contributed by atoms with Crippen LogP contribution in [0.4, 0.5) is 5.69 Å². The lowest BCUT2D eigenvalue weighted by atomic mass is 10.2. The molecule has 2 nitrogen and oxygen atoms in total. The van der Waals surface area contributed by atoms with E-state index < -0.39 is 0 Å². The highest BCUT2D eigenvalue weighted by Crippen LogP contribution is 2.16. The molecule has 0 heterocycles. The molecule has 1 unspecified atom stereocenters. The lowest BCUT2D eigenvalue weighted by molar-refractivity contribution is 0.825. The number of nitriles is 1. The summed E-state index contributed by atoms with van der Waals surface area (Å²) in [6.07, 6.45) is 1.87. The van der Waals surface area contributed by atoms with Crippen LogP contribution in [0.3, 0.4) is 0 Å². The zero-order valence-corrected chi connectivity index (χ0v) is 8.57. The molecule has 0 N–H and O–H groups in total. The minimum atomic E-state index is 0.268. The van der Waals surface area contributed by atoms with Crippen LogP contribution in [0.1, 0.15) is 12.5 Å². The summed E-state index contributed by atoms with van der Waals surface area (Å²) >= 11 is 0. The van der Waals surface area contributed by atoms with Gasteiger partial charge in [-0.15, -0.1) is 6.58 Å². The van der Waals surface area contributed by atoms with Crippen LogP contribution in [0.25, 0.3) is 0 Å². The van der Waals surface area contributed by atoms with Crippen LogP contribution in [0.15, 0.2) is 36.9 Å². The minimum Gasteiger partial charge on any atom is -0.368 e. The Morgan fingerprint density at radius 3 is 2.86 bits per heavy atom. The van der Waals surface area contributed by atoms with Crippen LogP contribution < -0.4 is 4.90 Å². The van der Waals surface area contributed by atoms with E-state index in [1.54, 1.807) is 6.07 Å². The fourth-order valence-corrected chi connectivity index (χ4v) is 1.19. The standard InChI is InChI=1S/C12H14N2/c1-4-10(2)14(3)12-7-5-6-11(8-12)9-13/h4-8,10H,1H2,2-3H3. The molecule has 0 bridgehead atoms. The number of hydrogen-bond acceptors (Lipinski definition) is 2. The average molecular weight is 186 g/mol. The Morgan fingerprint density at radius 1 is 1.57 bits per heavy atom. The van der Waals surface area contributed by atoms with Crippen LogP contribution in [-0.2, 0) is 0 Å². The molecular weight excluding hydrogens is 172 g/mol. The van der Waals surface area contributed by atoms with Crippen molar-refractivity contribution in [3.8, 4) is 6.07 Å². The molecule has 1 atom stereocenters. The summed E-state index contributed by atoms with van der Waals surface area (Å²) in [7, 11) is 1.99. The fourth-order valence-electron chi connectivity index (χ4n) is 1.19. The molecular formula is C12H14N2. The van der Waals surface area contributed by atoms with E-state index in [4.69, 9.17) is 5.26 Å². The Hall–Kier alpha value is -1.75. The molecule has 0 aliphatic heterocycles. The monoisotopic (exact) mass is 186 g/mol. The smallest absolute Gasteiger partial charge is 0.0992 e. The van der Waals surface area contributed by atoms with Crippen molar-refractivity contribution in [2.45, 2.75) is 13.0 Å². The third-order valence-electron chi connectivity index (χ3n) is 2.33. The molecule has 2 heteroatoms. The normalized spacial score (nSPS) is 11.5. The number of rotatable bonds is 3. The number of nitrogens with zero attached hydrogens (tertiary/aromatic N) is 2. The van der Waals surface area contributed by atoms with Crippen LogP contribution in [0, 0.1) is 11.3 Å². The third kappa shape index (κ3) is 2.14. The van der Waals surface area contributed by atoms with Gasteiger partial charge in [0.1, 0.15) is 0 Å². The van der Waals surface area contributed by atoms with Gasteiger partial charge in [-0.25, -0.2) is 0 Å². The van der Waals surface area contributed by atoms with Crippen molar-refractivity contribution in [3.63, 3.8) is 0 Å². The second-order valence-electron chi connectivity index (χ2n) is 3.25. The van der Waals surface area contributed by atoms with Crippen molar-refractivity contribution >= 4 is 5.69 Å². The zero-order chi connectivity index (χ0) is 10.6. The SMILES string of the molecule is C=CC(C)N(C)c1cccc(C#N)c1. The molecule has 0 spiro atoms. The first-order valence-corrected chi connectivity index (χ1v) is 4.54. The Morgan fingerprint density at radius 2 is 2.29 bits per heavy atom. The van der Waals surface area contributed by atoms with E-state index in [-0.39, 0.29) is 6.04 Å². The quantitative estimate of drug-likeness (QED) is 0.678. The third-order valence-corrected chi connectivity index (χ3v) is 2.33. The van der Waals surface area contributed by atoms with Crippen LogP contribution in [0.5, 0.6) is 0 Å². The van der Waals surface area contributed by atoms with Gasteiger partial charge in [-0.1, -0.05) is 12.1 Å².